The van der Waals surface area contributed by atoms with Crippen molar-refractivity contribution in [1.82, 2.24) is 14.7 Å². The molecule has 2 fully saturated rings. The summed E-state index contributed by atoms with van der Waals surface area (Å²) in [6.07, 6.45) is 2.43. The van der Waals surface area contributed by atoms with Gasteiger partial charge in [-0.05, 0) is 18.4 Å². The lowest BCUT2D eigenvalue weighted by Crippen LogP contribution is -2.62. The Kier molecular flexibility index (Phi) is 4.29. The number of nitrogens with one attached hydrogen (secondary N) is 3. The highest BCUT2D eigenvalue weighted by molar-refractivity contribution is 7.89. The van der Waals surface area contributed by atoms with Crippen LogP contribution in [0.3, 0.4) is 0 Å². The van der Waals surface area contributed by atoms with Gasteiger partial charge in [0.15, 0.2) is 4.90 Å². The molecule has 3 N–H and O–H groups in total. The first-order valence-corrected chi connectivity index (χ1v) is 9.94. The minimum atomic E-state index is -4.05. The second-order valence-electron chi connectivity index (χ2n) is 6.72. The summed E-state index contributed by atoms with van der Waals surface area (Å²) < 4.78 is 33.8. The molecule has 0 spiro atoms. The Labute approximate surface area is 149 Å². The number of ether oxygens (including phenoxy) is 1. The van der Waals surface area contributed by atoms with Gasteiger partial charge in [-0.1, -0.05) is 30.3 Å². The minimum absolute atomic E-state index is 0.00141. The van der Waals surface area contributed by atoms with E-state index in [1.165, 1.54) is 0 Å². The highest BCUT2D eigenvalue weighted by Crippen LogP contribution is 2.45. The van der Waals surface area contributed by atoms with Crippen molar-refractivity contribution in [1.29, 1.82) is 0 Å². The average Bonchev–Trinajstić information content (AvgIpc) is 3.03. The lowest BCUT2D eigenvalue weighted by Gasteiger charge is -2.47. The van der Waals surface area contributed by atoms with Gasteiger partial charge in [-0.15, -0.1) is 0 Å². The van der Waals surface area contributed by atoms with Crippen LogP contribution in [0.5, 0.6) is 0 Å². The van der Waals surface area contributed by atoms with E-state index in [0.717, 1.165) is 18.2 Å². The fourth-order valence-electron chi connectivity index (χ4n) is 3.97. The molecule has 138 valence electrons. The van der Waals surface area contributed by atoms with Gasteiger partial charge in [-0.25, -0.2) is 17.9 Å². The van der Waals surface area contributed by atoms with Gasteiger partial charge in [-0.3, -0.25) is 9.78 Å². The van der Waals surface area contributed by atoms with Crippen LogP contribution >= 0.6 is 0 Å². The van der Waals surface area contributed by atoms with Crippen LogP contribution in [0.25, 0.3) is 0 Å². The lowest BCUT2D eigenvalue weighted by atomic mass is 9.65. The molecule has 4 atom stereocenters. The van der Waals surface area contributed by atoms with Crippen molar-refractivity contribution in [3.63, 3.8) is 0 Å². The fourth-order valence-corrected chi connectivity index (χ4v) is 5.32. The molecule has 0 bridgehead atoms. The molecule has 26 heavy (non-hydrogen) atoms. The largest absolute Gasteiger partial charge is 0.377 e. The van der Waals surface area contributed by atoms with Gasteiger partial charge in [0, 0.05) is 30.7 Å². The first-order valence-electron chi connectivity index (χ1n) is 8.45. The number of hydrogen-bond acceptors (Lipinski definition) is 5. The van der Waals surface area contributed by atoms with Crippen LogP contribution in [-0.4, -0.2) is 37.1 Å². The fraction of sp³-hybridized carbons (Fsp3) is 0.412. The molecule has 1 aliphatic heterocycles. The second kappa shape index (κ2) is 6.49. The molecule has 1 aliphatic carbocycles. The Hall–Kier alpha value is -2.23. The molecule has 1 saturated carbocycles. The van der Waals surface area contributed by atoms with E-state index < -0.39 is 26.2 Å². The monoisotopic (exact) mass is 377 g/mol. The van der Waals surface area contributed by atoms with Crippen LogP contribution in [-0.2, 0) is 21.2 Å². The van der Waals surface area contributed by atoms with Gasteiger partial charge in [0.1, 0.15) is 0 Å². The Morgan fingerprint density at radius 1 is 1.19 bits per heavy atom. The summed E-state index contributed by atoms with van der Waals surface area (Å²) in [5, 5.41) is 0. The molecule has 4 rings (SSSR count). The molecule has 1 aromatic heterocycles. The van der Waals surface area contributed by atoms with Crippen LogP contribution in [0.4, 0.5) is 0 Å². The van der Waals surface area contributed by atoms with E-state index in [4.69, 9.17) is 4.74 Å². The Morgan fingerprint density at radius 3 is 2.69 bits per heavy atom. The third-order valence-corrected chi connectivity index (χ3v) is 6.67. The summed E-state index contributed by atoms with van der Waals surface area (Å²) >= 11 is 0. The maximum absolute atomic E-state index is 12.7. The van der Waals surface area contributed by atoms with E-state index in [1.807, 2.05) is 35.3 Å². The number of H-pyrrole nitrogens is 2. The summed E-state index contributed by atoms with van der Waals surface area (Å²) in [5.41, 5.74) is -0.569. The summed E-state index contributed by atoms with van der Waals surface area (Å²) in [5.74, 6) is 0.0989. The number of benzene rings is 1. The summed E-state index contributed by atoms with van der Waals surface area (Å²) in [6, 6.07) is 9.52. The topological polar surface area (TPSA) is 121 Å². The highest BCUT2D eigenvalue weighted by atomic mass is 32.2. The zero-order chi connectivity index (χ0) is 18.3. The number of aromatic amines is 2. The third-order valence-electron chi connectivity index (χ3n) is 5.21. The van der Waals surface area contributed by atoms with Crippen molar-refractivity contribution < 1.29 is 13.2 Å². The van der Waals surface area contributed by atoms with E-state index >= 15 is 0 Å². The molecular formula is C17H19N3O5S. The van der Waals surface area contributed by atoms with Crippen molar-refractivity contribution in [2.24, 2.45) is 11.8 Å². The van der Waals surface area contributed by atoms with Crippen molar-refractivity contribution >= 4 is 10.0 Å². The molecule has 8 nitrogen and oxygen atoms in total. The van der Waals surface area contributed by atoms with Gasteiger partial charge >= 0.3 is 5.69 Å². The van der Waals surface area contributed by atoms with Gasteiger partial charge in [-0.2, -0.15) is 0 Å². The first-order chi connectivity index (χ1) is 12.5. The smallest absolute Gasteiger partial charge is 0.325 e. The molecule has 2 aromatic rings. The molecule has 0 amide bonds. The van der Waals surface area contributed by atoms with E-state index in [9.17, 15) is 18.0 Å². The first kappa shape index (κ1) is 17.2. The molecule has 0 unspecified atom stereocenters. The van der Waals surface area contributed by atoms with Gasteiger partial charge in [0.25, 0.3) is 5.56 Å². The van der Waals surface area contributed by atoms with Crippen LogP contribution in [0, 0.1) is 11.8 Å². The third kappa shape index (κ3) is 3.02. The van der Waals surface area contributed by atoms with Crippen LogP contribution in [0.15, 0.2) is 51.0 Å². The number of fused-ring (bicyclic) bond motifs is 1. The van der Waals surface area contributed by atoms with E-state index in [0.29, 0.717) is 13.0 Å². The van der Waals surface area contributed by atoms with Crippen molar-refractivity contribution in [2.75, 3.05) is 6.61 Å². The van der Waals surface area contributed by atoms with Gasteiger partial charge in [0.2, 0.25) is 10.0 Å². The molecule has 0 radical (unpaired) electrons. The number of rotatable bonds is 5. The summed E-state index contributed by atoms with van der Waals surface area (Å²) in [4.78, 5) is 26.6. The van der Waals surface area contributed by atoms with Gasteiger partial charge in [0.05, 0.1) is 6.10 Å². The van der Waals surface area contributed by atoms with E-state index in [2.05, 4.69) is 9.71 Å². The Bertz CT molecular complexity index is 1010. The quantitative estimate of drug-likeness (QED) is 0.677. The second-order valence-corrected chi connectivity index (χ2v) is 8.41. The predicted molar refractivity (Wildman–Crippen MR) is 93.3 cm³/mol. The van der Waals surface area contributed by atoms with Crippen molar-refractivity contribution in [2.45, 2.75) is 29.9 Å². The number of hydrogen-bond donors (Lipinski definition) is 3. The molecule has 9 heteroatoms. The zero-order valence-corrected chi connectivity index (χ0v) is 14.7. The van der Waals surface area contributed by atoms with E-state index in [1.54, 1.807) is 0 Å². The maximum atomic E-state index is 12.7. The van der Waals surface area contributed by atoms with Crippen LogP contribution in [0.2, 0.25) is 0 Å². The molecule has 2 aliphatic rings. The predicted octanol–water partition coefficient (Wildman–Crippen LogP) is -0.0123. The molecule has 1 aromatic carbocycles. The lowest BCUT2D eigenvalue weighted by molar-refractivity contribution is -0.0484. The standard InChI is InChI=1S/C17H19N3O5S/c21-16-13(9-18-17(22)19-16)26(23,24)20-14-11-6-7-25-15(11)12(14)8-10-4-2-1-3-5-10/h1-5,9,11-12,14-15,20H,6-8H2,(H2,18,19,21,22)/t11-,12+,14-,15-/m0/s1. The zero-order valence-electron chi connectivity index (χ0n) is 13.8. The van der Waals surface area contributed by atoms with E-state index in [-0.39, 0.29) is 24.0 Å². The molecule has 1 saturated heterocycles. The Balaban J connectivity index is 1.59. The summed E-state index contributed by atoms with van der Waals surface area (Å²) in [7, 11) is -4.05. The maximum Gasteiger partial charge on any atom is 0.325 e. The van der Waals surface area contributed by atoms with Crippen molar-refractivity contribution in [3.8, 4) is 0 Å². The summed E-state index contributed by atoms with van der Waals surface area (Å²) in [6.45, 7) is 0.609. The SMILES string of the molecule is O=c1[nH]cc(S(=O)(=O)N[C@@H]2[C@@H](Cc3ccccc3)[C@H]3OCC[C@@H]23)c(=O)[nH]1. The van der Waals surface area contributed by atoms with Gasteiger partial charge < -0.3 is 9.72 Å². The average molecular weight is 377 g/mol. The Morgan fingerprint density at radius 2 is 1.96 bits per heavy atom. The molecule has 2 heterocycles. The highest BCUT2D eigenvalue weighted by Gasteiger charge is 2.54. The van der Waals surface area contributed by atoms with Crippen LogP contribution in [0.1, 0.15) is 12.0 Å². The number of aromatic nitrogens is 2. The van der Waals surface area contributed by atoms with Crippen LogP contribution < -0.4 is 16.0 Å². The van der Waals surface area contributed by atoms with Crippen molar-refractivity contribution in [3.05, 3.63) is 62.9 Å². The normalized spacial score (nSPS) is 27.7. The molecular weight excluding hydrogens is 358 g/mol. The number of sulfonamides is 1. The minimum Gasteiger partial charge on any atom is -0.377 e.